The molecule has 2 heterocycles. The number of hydrogen-bond acceptors (Lipinski definition) is 6. The molecule has 1 aliphatic rings. The predicted octanol–water partition coefficient (Wildman–Crippen LogP) is 3.26. The normalized spacial score (nSPS) is 14.9. The van der Waals surface area contributed by atoms with Gasteiger partial charge in [0.05, 0.1) is 0 Å². The van der Waals surface area contributed by atoms with E-state index in [1.807, 2.05) is 12.1 Å². The Morgan fingerprint density at radius 3 is 2.48 bits per heavy atom. The van der Waals surface area contributed by atoms with Gasteiger partial charge in [-0.05, 0) is 53.4 Å². The van der Waals surface area contributed by atoms with E-state index < -0.39 is 28.2 Å². The van der Waals surface area contributed by atoms with Crippen molar-refractivity contribution in [1.29, 1.82) is 0 Å². The van der Waals surface area contributed by atoms with Gasteiger partial charge in [-0.25, -0.2) is 0 Å². The van der Waals surface area contributed by atoms with Crippen LogP contribution in [0.1, 0.15) is 39.2 Å². The first-order valence-electron chi connectivity index (χ1n) is 9.14. The van der Waals surface area contributed by atoms with E-state index in [0.29, 0.717) is 11.6 Å². The van der Waals surface area contributed by atoms with Crippen LogP contribution in [-0.4, -0.2) is 33.9 Å². The van der Waals surface area contributed by atoms with Crippen molar-refractivity contribution in [2.45, 2.75) is 39.2 Å². The molecule has 1 aromatic heterocycles. The molecule has 2 aromatic rings. The second-order valence-electron chi connectivity index (χ2n) is 7.58. The van der Waals surface area contributed by atoms with E-state index in [1.165, 1.54) is 12.1 Å². The topological polar surface area (TPSA) is 115 Å². The van der Waals surface area contributed by atoms with Gasteiger partial charge in [-0.3, -0.25) is 14.5 Å². The molecule has 9 nitrogen and oxygen atoms in total. The molecular weight excluding hydrogens is 376 g/mol. The molecule has 3 rings (SSSR count). The minimum Gasteiger partial charge on any atom is -0.472 e. The highest BCUT2D eigenvalue weighted by atomic mass is 16.6. The fourth-order valence-corrected chi connectivity index (χ4v) is 2.98. The number of ether oxygens (including phenoxy) is 1. The average molecular weight is 398 g/mol. The van der Waals surface area contributed by atoms with Gasteiger partial charge in [0.1, 0.15) is 6.54 Å². The Morgan fingerprint density at radius 2 is 1.90 bits per heavy atom. The molecule has 152 valence electrons. The zero-order valence-corrected chi connectivity index (χ0v) is 16.6. The van der Waals surface area contributed by atoms with Crippen LogP contribution in [0, 0.1) is 10.1 Å². The van der Waals surface area contributed by atoms with Gasteiger partial charge in [-0.1, -0.05) is 26.0 Å². The van der Waals surface area contributed by atoms with E-state index in [4.69, 9.17) is 4.74 Å². The van der Waals surface area contributed by atoms with Crippen molar-refractivity contribution in [2.75, 3.05) is 16.8 Å². The first-order valence-corrected chi connectivity index (χ1v) is 9.14. The van der Waals surface area contributed by atoms with Crippen molar-refractivity contribution in [3.8, 4) is 5.75 Å². The number of nitrogens with zero attached hydrogens (tertiary/aromatic N) is 3. The Bertz CT molecular complexity index is 969. The van der Waals surface area contributed by atoms with Crippen LogP contribution < -0.4 is 15.0 Å². The number of hydrogen-bond donors (Lipinski definition) is 1. The SMILES string of the molecule is CC(C)c1ccc(NC(=O)CN2C(=O)C(C)(C)Oc3ccc([N+](=O)[O-])nc32)cc1. The molecule has 0 fully saturated rings. The third kappa shape index (κ3) is 4.18. The predicted molar refractivity (Wildman–Crippen MR) is 107 cm³/mol. The van der Waals surface area contributed by atoms with Crippen molar-refractivity contribution in [3.05, 3.63) is 52.1 Å². The fraction of sp³-hybridized carbons (Fsp3) is 0.350. The number of carbonyl (C=O) groups is 2. The second-order valence-corrected chi connectivity index (χ2v) is 7.58. The van der Waals surface area contributed by atoms with Crippen LogP contribution in [0.3, 0.4) is 0 Å². The van der Waals surface area contributed by atoms with Crippen molar-refractivity contribution in [1.82, 2.24) is 4.98 Å². The Balaban J connectivity index is 1.85. The Hall–Kier alpha value is -3.49. The number of aromatic nitrogens is 1. The van der Waals surface area contributed by atoms with E-state index in [9.17, 15) is 19.7 Å². The minimum atomic E-state index is -1.23. The van der Waals surface area contributed by atoms with E-state index >= 15 is 0 Å². The number of nitrogens with one attached hydrogen (secondary N) is 1. The highest BCUT2D eigenvalue weighted by Gasteiger charge is 2.45. The average Bonchev–Trinajstić information content (AvgIpc) is 2.65. The number of fused-ring (bicyclic) bond motifs is 1. The third-order valence-corrected chi connectivity index (χ3v) is 4.56. The van der Waals surface area contributed by atoms with Crippen LogP contribution >= 0.6 is 0 Å². The van der Waals surface area contributed by atoms with Gasteiger partial charge in [0.15, 0.2) is 11.4 Å². The molecule has 2 amide bonds. The standard InChI is InChI=1S/C20H22N4O5/c1-12(2)13-5-7-14(8-6-13)21-17(25)11-23-18-15(29-20(3,4)19(23)26)9-10-16(22-18)24(27)28/h5-10,12H,11H2,1-4H3,(H,21,25). The molecule has 1 aromatic carbocycles. The Kier molecular flexibility index (Phi) is 5.23. The summed E-state index contributed by atoms with van der Waals surface area (Å²) in [5.41, 5.74) is 0.495. The number of nitro groups is 1. The molecule has 0 bridgehead atoms. The molecule has 0 unspecified atom stereocenters. The molecule has 0 atom stereocenters. The van der Waals surface area contributed by atoms with Gasteiger partial charge in [0.25, 0.3) is 11.7 Å². The first-order chi connectivity index (χ1) is 13.6. The van der Waals surface area contributed by atoms with E-state index in [1.54, 1.807) is 26.0 Å². The summed E-state index contributed by atoms with van der Waals surface area (Å²) in [6.07, 6.45) is 0. The maximum atomic E-state index is 12.8. The molecule has 29 heavy (non-hydrogen) atoms. The molecular formula is C20H22N4O5. The first kappa shape index (κ1) is 20.2. The van der Waals surface area contributed by atoms with Crippen LogP contribution in [0.4, 0.5) is 17.3 Å². The number of amides is 2. The van der Waals surface area contributed by atoms with Crippen LogP contribution in [-0.2, 0) is 9.59 Å². The molecule has 9 heteroatoms. The van der Waals surface area contributed by atoms with Crippen molar-refractivity contribution >= 4 is 29.1 Å². The second kappa shape index (κ2) is 7.50. The number of carbonyl (C=O) groups excluding carboxylic acids is 2. The highest BCUT2D eigenvalue weighted by Crippen LogP contribution is 2.37. The van der Waals surface area contributed by atoms with Crippen LogP contribution in [0.25, 0.3) is 0 Å². The van der Waals surface area contributed by atoms with Gasteiger partial charge in [0.2, 0.25) is 5.91 Å². The van der Waals surface area contributed by atoms with Crippen LogP contribution in [0.2, 0.25) is 0 Å². The zero-order valence-electron chi connectivity index (χ0n) is 16.6. The summed E-state index contributed by atoms with van der Waals surface area (Å²) in [5, 5.41) is 13.8. The van der Waals surface area contributed by atoms with Crippen molar-refractivity contribution in [3.63, 3.8) is 0 Å². The summed E-state index contributed by atoms with van der Waals surface area (Å²) in [6.45, 7) is 6.93. The summed E-state index contributed by atoms with van der Waals surface area (Å²) in [7, 11) is 0. The Labute approximate surface area is 167 Å². The van der Waals surface area contributed by atoms with Gasteiger partial charge < -0.3 is 20.2 Å². The molecule has 0 saturated carbocycles. The largest absolute Gasteiger partial charge is 0.472 e. The van der Waals surface area contributed by atoms with Crippen molar-refractivity contribution in [2.24, 2.45) is 0 Å². The zero-order chi connectivity index (χ0) is 21.3. The van der Waals surface area contributed by atoms with Gasteiger partial charge >= 0.3 is 5.82 Å². The number of benzene rings is 1. The van der Waals surface area contributed by atoms with E-state index in [2.05, 4.69) is 24.1 Å². The quantitative estimate of drug-likeness (QED) is 0.611. The number of pyridine rings is 1. The molecule has 0 saturated heterocycles. The third-order valence-electron chi connectivity index (χ3n) is 4.56. The smallest absolute Gasteiger partial charge is 0.366 e. The summed E-state index contributed by atoms with van der Waals surface area (Å²) in [5.74, 6) is -0.875. The van der Waals surface area contributed by atoms with Gasteiger partial charge in [-0.2, -0.15) is 0 Å². The molecule has 1 N–H and O–H groups in total. The summed E-state index contributed by atoms with van der Waals surface area (Å²) in [4.78, 5) is 40.8. The number of rotatable bonds is 5. The lowest BCUT2D eigenvalue weighted by molar-refractivity contribution is -0.389. The summed E-state index contributed by atoms with van der Waals surface area (Å²) >= 11 is 0. The number of anilines is 2. The van der Waals surface area contributed by atoms with Crippen LogP contribution in [0.5, 0.6) is 5.75 Å². The maximum Gasteiger partial charge on any atom is 0.366 e. The van der Waals surface area contributed by atoms with Crippen LogP contribution in [0.15, 0.2) is 36.4 Å². The van der Waals surface area contributed by atoms with Crippen molar-refractivity contribution < 1.29 is 19.2 Å². The summed E-state index contributed by atoms with van der Waals surface area (Å²) in [6, 6.07) is 9.99. The maximum absolute atomic E-state index is 12.8. The molecule has 1 aliphatic heterocycles. The lowest BCUT2D eigenvalue weighted by Crippen LogP contribution is -2.54. The van der Waals surface area contributed by atoms with Gasteiger partial charge in [0, 0.05) is 11.8 Å². The molecule has 0 aliphatic carbocycles. The minimum absolute atomic E-state index is 0.0474. The Morgan fingerprint density at radius 1 is 1.24 bits per heavy atom. The van der Waals surface area contributed by atoms with Gasteiger partial charge in [-0.15, -0.1) is 0 Å². The van der Waals surface area contributed by atoms with E-state index in [0.717, 1.165) is 10.5 Å². The summed E-state index contributed by atoms with van der Waals surface area (Å²) < 4.78 is 5.62. The lowest BCUT2D eigenvalue weighted by atomic mass is 10.0. The van der Waals surface area contributed by atoms with E-state index in [-0.39, 0.29) is 18.1 Å². The highest BCUT2D eigenvalue weighted by molar-refractivity contribution is 6.07. The lowest BCUT2D eigenvalue weighted by Gasteiger charge is -2.35. The monoisotopic (exact) mass is 398 g/mol. The molecule has 0 spiro atoms. The molecule has 0 radical (unpaired) electrons. The fourth-order valence-electron chi connectivity index (χ4n) is 2.98.